The third-order valence-corrected chi connectivity index (χ3v) is 5.81. The van der Waals surface area contributed by atoms with Crippen molar-refractivity contribution in [3.8, 4) is 0 Å². The van der Waals surface area contributed by atoms with Crippen molar-refractivity contribution in [1.82, 2.24) is 4.31 Å². The molecule has 0 aliphatic carbocycles. The zero-order valence-corrected chi connectivity index (χ0v) is 12.0. The minimum Gasteiger partial charge on any atom is -0.481 e. The van der Waals surface area contributed by atoms with Crippen molar-refractivity contribution in [3.63, 3.8) is 0 Å². The van der Waals surface area contributed by atoms with Crippen LogP contribution in [0.25, 0.3) is 0 Å². The molecule has 0 saturated carbocycles. The Morgan fingerprint density at radius 3 is 2.65 bits per heavy atom. The first-order valence-corrected chi connectivity index (χ1v) is 7.89. The van der Waals surface area contributed by atoms with Crippen molar-refractivity contribution in [2.24, 2.45) is 5.92 Å². The molecule has 0 unspecified atom stereocenters. The van der Waals surface area contributed by atoms with Crippen LogP contribution in [0.4, 0.5) is 5.69 Å². The van der Waals surface area contributed by atoms with E-state index >= 15 is 0 Å². The lowest BCUT2D eigenvalue weighted by Crippen LogP contribution is -2.49. The molecule has 7 heteroatoms. The Bertz CT molecular complexity index is 615. The van der Waals surface area contributed by atoms with E-state index in [9.17, 15) is 18.3 Å². The SMILES string of the molecule is C[C@@H]1[C@H](C(=O)O)CCCN1S(=O)(=O)c1ccccc1N. The topological polar surface area (TPSA) is 101 Å². The molecule has 1 aromatic carbocycles. The standard InChI is InChI=1S/C13H18N2O4S/c1-9-10(13(16)17)5-4-8-15(9)20(18,19)12-7-3-2-6-11(12)14/h2-3,6-7,9-10H,4-5,8,14H2,1H3,(H,16,17)/t9-,10-/m1/s1. The molecule has 110 valence electrons. The van der Waals surface area contributed by atoms with Crippen molar-refractivity contribution >= 4 is 21.7 Å². The fraction of sp³-hybridized carbons (Fsp3) is 0.462. The smallest absolute Gasteiger partial charge is 0.308 e. The second kappa shape index (κ2) is 5.41. The van der Waals surface area contributed by atoms with Crippen molar-refractivity contribution in [1.29, 1.82) is 0 Å². The number of aliphatic carboxylic acids is 1. The van der Waals surface area contributed by atoms with E-state index in [2.05, 4.69) is 0 Å². The molecular formula is C13H18N2O4S. The number of hydrogen-bond donors (Lipinski definition) is 2. The Morgan fingerprint density at radius 1 is 1.40 bits per heavy atom. The Labute approximate surface area is 118 Å². The minimum absolute atomic E-state index is 0.0397. The number of carboxylic acids is 1. The lowest BCUT2D eigenvalue weighted by Gasteiger charge is -2.36. The van der Waals surface area contributed by atoms with Crippen LogP contribution in [0.5, 0.6) is 0 Å². The third kappa shape index (κ3) is 2.51. The summed E-state index contributed by atoms with van der Waals surface area (Å²) < 4.78 is 26.5. The van der Waals surface area contributed by atoms with Gasteiger partial charge in [-0.1, -0.05) is 12.1 Å². The van der Waals surface area contributed by atoms with Crippen molar-refractivity contribution < 1.29 is 18.3 Å². The third-order valence-electron chi connectivity index (χ3n) is 3.75. The lowest BCUT2D eigenvalue weighted by molar-refractivity contribution is -0.144. The van der Waals surface area contributed by atoms with Gasteiger partial charge in [0, 0.05) is 12.6 Å². The van der Waals surface area contributed by atoms with Crippen LogP contribution in [-0.4, -0.2) is 36.4 Å². The van der Waals surface area contributed by atoms with E-state index < -0.39 is 28.0 Å². The van der Waals surface area contributed by atoms with Crippen LogP contribution in [0.2, 0.25) is 0 Å². The van der Waals surface area contributed by atoms with Gasteiger partial charge in [0.05, 0.1) is 11.6 Å². The Kier molecular flexibility index (Phi) is 4.01. The fourth-order valence-electron chi connectivity index (χ4n) is 2.62. The summed E-state index contributed by atoms with van der Waals surface area (Å²) in [6.07, 6.45) is 1.03. The molecule has 1 aliphatic rings. The van der Waals surface area contributed by atoms with Gasteiger partial charge in [-0.25, -0.2) is 8.42 Å². The number of benzene rings is 1. The summed E-state index contributed by atoms with van der Waals surface area (Å²) in [6.45, 7) is 1.95. The number of para-hydroxylation sites is 1. The van der Waals surface area contributed by atoms with E-state index in [0.717, 1.165) is 0 Å². The average molecular weight is 298 g/mol. The Hall–Kier alpha value is -1.60. The number of rotatable bonds is 3. The number of nitrogens with zero attached hydrogens (tertiary/aromatic N) is 1. The van der Waals surface area contributed by atoms with Crippen LogP contribution in [0, 0.1) is 5.92 Å². The summed E-state index contributed by atoms with van der Waals surface area (Å²) in [5, 5.41) is 9.17. The average Bonchev–Trinajstić information content (AvgIpc) is 2.38. The number of nitrogens with two attached hydrogens (primary N) is 1. The summed E-state index contributed by atoms with van der Waals surface area (Å²) in [5.74, 6) is -1.64. The normalized spacial score (nSPS) is 24.4. The highest BCUT2D eigenvalue weighted by atomic mass is 32.2. The zero-order valence-electron chi connectivity index (χ0n) is 11.2. The minimum atomic E-state index is -3.76. The van der Waals surface area contributed by atoms with Crippen LogP contribution < -0.4 is 5.73 Å². The van der Waals surface area contributed by atoms with Crippen LogP contribution in [0.15, 0.2) is 29.2 Å². The molecule has 6 nitrogen and oxygen atoms in total. The first-order chi connectivity index (χ1) is 9.35. The van der Waals surface area contributed by atoms with Gasteiger partial charge in [0.1, 0.15) is 4.90 Å². The summed E-state index contributed by atoms with van der Waals surface area (Å²) in [6, 6.07) is 5.66. The molecule has 0 bridgehead atoms. The Balaban J connectivity index is 2.39. The predicted octanol–water partition coefficient (Wildman–Crippen LogP) is 1.14. The molecule has 1 aliphatic heterocycles. The Morgan fingerprint density at radius 2 is 2.05 bits per heavy atom. The largest absolute Gasteiger partial charge is 0.481 e. The highest BCUT2D eigenvalue weighted by Gasteiger charge is 2.39. The molecule has 1 fully saturated rings. The highest BCUT2D eigenvalue weighted by molar-refractivity contribution is 7.89. The van der Waals surface area contributed by atoms with E-state index in [1.165, 1.54) is 16.4 Å². The van der Waals surface area contributed by atoms with Crippen molar-refractivity contribution in [2.45, 2.75) is 30.7 Å². The summed E-state index contributed by atoms with van der Waals surface area (Å²) >= 11 is 0. The number of nitrogen functional groups attached to an aromatic ring is 1. The van der Waals surface area contributed by atoms with E-state index in [1.807, 2.05) is 0 Å². The molecule has 1 heterocycles. The van der Waals surface area contributed by atoms with E-state index in [4.69, 9.17) is 5.73 Å². The van der Waals surface area contributed by atoms with E-state index in [-0.39, 0.29) is 10.6 Å². The van der Waals surface area contributed by atoms with E-state index in [0.29, 0.717) is 19.4 Å². The summed E-state index contributed by atoms with van der Waals surface area (Å²) in [4.78, 5) is 11.2. The molecule has 0 amide bonds. The molecule has 20 heavy (non-hydrogen) atoms. The molecule has 0 radical (unpaired) electrons. The maximum atomic E-state index is 12.6. The molecule has 1 saturated heterocycles. The van der Waals surface area contributed by atoms with Gasteiger partial charge in [0.15, 0.2) is 0 Å². The highest BCUT2D eigenvalue weighted by Crippen LogP contribution is 2.31. The first kappa shape index (κ1) is 14.8. The molecule has 1 aromatic rings. The number of piperidine rings is 1. The molecule has 2 atom stereocenters. The molecule has 0 aromatic heterocycles. The number of carboxylic acid groups (broad SMARTS) is 1. The number of anilines is 1. The molecule has 2 rings (SSSR count). The van der Waals surface area contributed by atoms with Crippen LogP contribution in [0.3, 0.4) is 0 Å². The quantitative estimate of drug-likeness (QED) is 0.815. The number of sulfonamides is 1. The first-order valence-electron chi connectivity index (χ1n) is 6.45. The van der Waals surface area contributed by atoms with Gasteiger partial charge in [-0.2, -0.15) is 4.31 Å². The maximum Gasteiger partial charge on any atom is 0.308 e. The summed E-state index contributed by atoms with van der Waals surface area (Å²) in [5.41, 5.74) is 5.91. The van der Waals surface area contributed by atoms with Crippen LogP contribution in [-0.2, 0) is 14.8 Å². The lowest BCUT2D eigenvalue weighted by atomic mass is 9.92. The molecule has 0 spiro atoms. The van der Waals surface area contributed by atoms with E-state index in [1.54, 1.807) is 19.1 Å². The van der Waals surface area contributed by atoms with Crippen LogP contribution >= 0.6 is 0 Å². The zero-order chi connectivity index (χ0) is 14.9. The van der Waals surface area contributed by atoms with Gasteiger partial charge >= 0.3 is 5.97 Å². The van der Waals surface area contributed by atoms with Gasteiger partial charge in [0.25, 0.3) is 0 Å². The van der Waals surface area contributed by atoms with Crippen LogP contribution in [0.1, 0.15) is 19.8 Å². The number of hydrogen-bond acceptors (Lipinski definition) is 4. The molecule has 3 N–H and O–H groups in total. The van der Waals surface area contributed by atoms with Gasteiger partial charge < -0.3 is 10.8 Å². The van der Waals surface area contributed by atoms with Crippen molar-refractivity contribution in [2.75, 3.05) is 12.3 Å². The van der Waals surface area contributed by atoms with Gasteiger partial charge in [-0.15, -0.1) is 0 Å². The van der Waals surface area contributed by atoms with Gasteiger partial charge in [-0.05, 0) is 31.9 Å². The predicted molar refractivity (Wildman–Crippen MR) is 74.6 cm³/mol. The summed E-state index contributed by atoms with van der Waals surface area (Å²) in [7, 11) is -3.76. The number of carbonyl (C=O) groups is 1. The molecular weight excluding hydrogens is 280 g/mol. The van der Waals surface area contributed by atoms with Crippen molar-refractivity contribution in [3.05, 3.63) is 24.3 Å². The fourth-order valence-corrected chi connectivity index (χ4v) is 4.45. The van der Waals surface area contributed by atoms with Gasteiger partial charge in [-0.3, -0.25) is 4.79 Å². The monoisotopic (exact) mass is 298 g/mol. The maximum absolute atomic E-state index is 12.6. The second-order valence-corrected chi connectivity index (χ2v) is 6.84. The second-order valence-electron chi connectivity index (χ2n) is 4.98. The van der Waals surface area contributed by atoms with Gasteiger partial charge in [0.2, 0.25) is 10.0 Å².